The van der Waals surface area contributed by atoms with E-state index in [0.29, 0.717) is 11.6 Å². The molecule has 0 aliphatic carbocycles. The molecule has 15 heavy (non-hydrogen) atoms. The number of halogens is 1. The predicted octanol–water partition coefficient (Wildman–Crippen LogP) is 0.933. The van der Waals surface area contributed by atoms with Gasteiger partial charge in [-0.05, 0) is 25.5 Å². The van der Waals surface area contributed by atoms with Gasteiger partial charge in [0.05, 0.1) is 5.56 Å². The Balaban J connectivity index is 0.00000112. The topological polar surface area (TPSA) is 60.1 Å². The summed E-state index contributed by atoms with van der Waals surface area (Å²) in [7, 11) is 0. The molecule has 1 saturated heterocycles. The van der Waals surface area contributed by atoms with Gasteiger partial charge in [-0.2, -0.15) is 0 Å². The van der Waals surface area contributed by atoms with Gasteiger partial charge in [-0.25, -0.2) is 0 Å². The van der Waals surface area contributed by atoms with Crippen molar-refractivity contribution in [1.82, 2.24) is 9.88 Å². The lowest BCUT2D eigenvalue weighted by molar-refractivity contribution is 0.1000. The molecule has 1 amide bonds. The summed E-state index contributed by atoms with van der Waals surface area (Å²) in [5.41, 5.74) is 5.78. The molecule has 5 heteroatoms. The largest absolute Gasteiger partial charge is 0.366 e. The summed E-state index contributed by atoms with van der Waals surface area (Å²) >= 11 is 0. The van der Waals surface area contributed by atoms with Gasteiger partial charge in [0.15, 0.2) is 0 Å². The van der Waals surface area contributed by atoms with Crippen LogP contribution in [0.25, 0.3) is 0 Å². The number of piperidine rings is 1. The Labute approximate surface area is 95.2 Å². The van der Waals surface area contributed by atoms with Gasteiger partial charge < -0.3 is 15.6 Å². The van der Waals surface area contributed by atoms with E-state index < -0.39 is 0 Å². The van der Waals surface area contributed by atoms with E-state index in [1.807, 2.05) is 12.4 Å². The molecule has 0 spiro atoms. The van der Waals surface area contributed by atoms with Crippen molar-refractivity contribution < 1.29 is 4.79 Å². The maximum Gasteiger partial charge on any atom is 0.250 e. The highest BCUT2D eigenvalue weighted by atomic mass is 35.5. The van der Waals surface area contributed by atoms with Crippen LogP contribution in [0.3, 0.4) is 0 Å². The van der Waals surface area contributed by atoms with Gasteiger partial charge >= 0.3 is 0 Å². The lowest BCUT2D eigenvalue weighted by Crippen LogP contribution is -2.31. The average molecular weight is 230 g/mol. The van der Waals surface area contributed by atoms with Gasteiger partial charge in [0, 0.05) is 25.0 Å². The smallest absolute Gasteiger partial charge is 0.250 e. The molecule has 0 bridgehead atoms. The molecule has 2 rings (SSSR count). The normalized spacial score (nSPS) is 20.7. The van der Waals surface area contributed by atoms with Crippen LogP contribution in [-0.2, 0) is 0 Å². The van der Waals surface area contributed by atoms with E-state index in [9.17, 15) is 4.79 Å². The van der Waals surface area contributed by atoms with Crippen LogP contribution in [-0.4, -0.2) is 23.6 Å². The number of nitrogens with one attached hydrogen (secondary N) is 1. The van der Waals surface area contributed by atoms with Crippen LogP contribution in [0.15, 0.2) is 18.5 Å². The second kappa shape index (κ2) is 5.19. The molecule has 1 aromatic rings. The summed E-state index contributed by atoms with van der Waals surface area (Å²) in [6, 6.07) is 2.24. The minimum absolute atomic E-state index is 0. The number of nitrogens with two attached hydrogens (primary N) is 1. The lowest BCUT2D eigenvalue weighted by Gasteiger charge is -2.24. The quantitative estimate of drug-likeness (QED) is 0.793. The fraction of sp³-hybridized carbons (Fsp3) is 0.500. The van der Waals surface area contributed by atoms with Crippen molar-refractivity contribution in [1.29, 1.82) is 0 Å². The Hall–Kier alpha value is -1.00. The molecule has 1 unspecified atom stereocenters. The number of hydrogen-bond acceptors (Lipinski definition) is 2. The van der Waals surface area contributed by atoms with Gasteiger partial charge in [0.1, 0.15) is 0 Å². The van der Waals surface area contributed by atoms with Crippen LogP contribution in [0.5, 0.6) is 0 Å². The Morgan fingerprint density at radius 1 is 1.60 bits per heavy atom. The zero-order chi connectivity index (χ0) is 9.97. The van der Waals surface area contributed by atoms with Crippen LogP contribution >= 0.6 is 12.4 Å². The van der Waals surface area contributed by atoms with Gasteiger partial charge in [0.25, 0.3) is 0 Å². The fourth-order valence-electron chi connectivity index (χ4n) is 1.87. The lowest BCUT2D eigenvalue weighted by atomic mass is 10.1. The molecule has 84 valence electrons. The third kappa shape index (κ3) is 2.73. The third-order valence-electron chi connectivity index (χ3n) is 2.69. The first kappa shape index (κ1) is 12.1. The molecule has 1 aliphatic rings. The van der Waals surface area contributed by atoms with Crippen LogP contribution in [0.1, 0.15) is 29.2 Å². The Kier molecular flexibility index (Phi) is 4.17. The molecule has 1 aromatic heterocycles. The van der Waals surface area contributed by atoms with Crippen molar-refractivity contribution >= 4 is 18.3 Å². The number of rotatable bonds is 2. The molecular formula is C10H16ClN3O. The van der Waals surface area contributed by atoms with Crippen molar-refractivity contribution in [3.63, 3.8) is 0 Å². The Bertz CT molecular complexity index is 331. The van der Waals surface area contributed by atoms with Crippen LogP contribution in [0, 0.1) is 0 Å². The third-order valence-corrected chi connectivity index (χ3v) is 2.69. The summed E-state index contributed by atoms with van der Waals surface area (Å²) in [6.07, 6.45) is 6.12. The monoisotopic (exact) mass is 229 g/mol. The number of primary amides is 1. The molecule has 1 aliphatic heterocycles. The predicted molar refractivity (Wildman–Crippen MR) is 61.3 cm³/mol. The summed E-state index contributed by atoms with van der Waals surface area (Å²) in [6.45, 7) is 2.08. The second-order valence-corrected chi connectivity index (χ2v) is 3.71. The van der Waals surface area contributed by atoms with E-state index in [-0.39, 0.29) is 18.3 Å². The molecule has 4 nitrogen and oxygen atoms in total. The summed E-state index contributed by atoms with van der Waals surface area (Å²) < 4.78 is 2.08. The number of aromatic nitrogens is 1. The first-order chi connectivity index (χ1) is 6.77. The molecular weight excluding hydrogens is 214 g/mol. The molecule has 0 saturated carbocycles. The van der Waals surface area contributed by atoms with Gasteiger partial charge in [-0.3, -0.25) is 4.79 Å². The first-order valence-corrected chi connectivity index (χ1v) is 4.95. The number of carbonyl (C=O) groups excluding carboxylic acids is 1. The highest BCUT2D eigenvalue weighted by Gasteiger charge is 2.14. The molecule has 1 atom stereocenters. The summed E-state index contributed by atoms with van der Waals surface area (Å²) in [5, 5.41) is 3.33. The number of hydrogen-bond donors (Lipinski definition) is 2. The van der Waals surface area contributed by atoms with E-state index in [1.165, 1.54) is 12.8 Å². The maximum absolute atomic E-state index is 10.9. The van der Waals surface area contributed by atoms with E-state index in [4.69, 9.17) is 5.73 Å². The zero-order valence-corrected chi connectivity index (χ0v) is 9.30. The van der Waals surface area contributed by atoms with Gasteiger partial charge in [-0.1, -0.05) is 0 Å². The molecule has 1 fully saturated rings. The van der Waals surface area contributed by atoms with E-state index in [2.05, 4.69) is 9.88 Å². The SMILES string of the molecule is Cl.NC(=O)c1ccn(C2CCCNC2)c1. The van der Waals surface area contributed by atoms with Crippen LogP contribution in [0.4, 0.5) is 0 Å². The maximum atomic E-state index is 10.9. The average Bonchev–Trinajstić information content (AvgIpc) is 2.68. The van der Waals surface area contributed by atoms with E-state index in [0.717, 1.165) is 13.1 Å². The highest BCUT2D eigenvalue weighted by molar-refractivity contribution is 5.92. The van der Waals surface area contributed by atoms with Gasteiger partial charge in [0.2, 0.25) is 5.91 Å². The van der Waals surface area contributed by atoms with Crippen LogP contribution in [0.2, 0.25) is 0 Å². The van der Waals surface area contributed by atoms with Crippen molar-refractivity contribution in [2.75, 3.05) is 13.1 Å². The van der Waals surface area contributed by atoms with E-state index >= 15 is 0 Å². The highest BCUT2D eigenvalue weighted by Crippen LogP contribution is 2.17. The molecule has 3 N–H and O–H groups in total. The second-order valence-electron chi connectivity index (χ2n) is 3.71. The molecule has 0 aromatic carbocycles. The molecule has 2 heterocycles. The van der Waals surface area contributed by atoms with Gasteiger partial charge in [-0.15, -0.1) is 12.4 Å². The number of carbonyl (C=O) groups is 1. The number of amides is 1. The first-order valence-electron chi connectivity index (χ1n) is 4.95. The standard InChI is InChI=1S/C10H15N3O.ClH/c11-10(14)8-3-5-13(7-8)9-2-1-4-12-6-9;/h3,5,7,9,12H,1-2,4,6H2,(H2,11,14);1H. The minimum atomic E-state index is -0.354. The van der Waals surface area contributed by atoms with Crippen molar-refractivity contribution in [2.24, 2.45) is 5.73 Å². The van der Waals surface area contributed by atoms with Crippen molar-refractivity contribution in [3.8, 4) is 0 Å². The minimum Gasteiger partial charge on any atom is -0.366 e. The summed E-state index contributed by atoms with van der Waals surface area (Å²) in [4.78, 5) is 10.9. The zero-order valence-electron chi connectivity index (χ0n) is 8.48. The van der Waals surface area contributed by atoms with Crippen molar-refractivity contribution in [2.45, 2.75) is 18.9 Å². The molecule has 0 radical (unpaired) electrons. The fourth-order valence-corrected chi connectivity index (χ4v) is 1.87. The van der Waals surface area contributed by atoms with Crippen LogP contribution < -0.4 is 11.1 Å². The van der Waals surface area contributed by atoms with E-state index in [1.54, 1.807) is 6.07 Å². The van der Waals surface area contributed by atoms with Crippen molar-refractivity contribution in [3.05, 3.63) is 24.0 Å². The Morgan fingerprint density at radius 2 is 2.40 bits per heavy atom. The summed E-state index contributed by atoms with van der Waals surface area (Å²) in [5.74, 6) is -0.354. The Morgan fingerprint density at radius 3 is 2.93 bits per heavy atom. The number of nitrogens with zero attached hydrogens (tertiary/aromatic N) is 1.